The van der Waals surface area contributed by atoms with E-state index in [1.54, 1.807) is 31.4 Å². The van der Waals surface area contributed by atoms with Gasteiger partial charge in [-0.15, -0.1) is 0 Å². The predicted molar refractivity (Wildman–Crippen MR) is 112 cm³/mol. The average molecular weight is 402 g/mol. The van der Waals surface area contributed by atoms with Gasteiger partial charge < -0.3 is 14.8 Å². The molecule has 148 valence electrons. The average Bonchev–Trinajstić information content (AvgIpc) is 3.20. The lowest BCUT2D eigenvalue weighted by atomic mass is 10.1. The van der Waals surface area contributed by atoms with Gasteiger partial charge in [0.15, 0.2) is 0 Å². The third kappa shape index (κ3) is 5.47. The molecular weight excluding hydrogens is 378 g/mol. The summed E-state index contributed by atoms with van der Waals surface area (Å²) >= 11 is 6.11. The van der Waals surface area contributed by atoms with Crippen molar-refractivity contribution >= 4 is 29.2 Å². The van der Waals surface area contributed by atoms with Gasteiger partial charge in [-0.1, -0.05) is 29.3 Å². The SMILES string of the molecule is COc1ccc(Cl)cc1NC(=NCC1CCCO1)NC(=O)c1cccc(C)c1. The first-order chi connectivity index (χ1) is 13.5. The lowest BCUT2D eigenvalue weighted by Gasteiger charge is -2.16. The van der Waals surface area contributed by atoms with Crippen LogP contribution in [0.3, 0.4) is 0 Å². The van der Waals surface area contributed by atoms with Crippen LogP contribution in [0.5, 0.6) is 5.75 Å². The van der Waals surface area contributed by atoms with Crippen molar-refractivity contribution in [2.45, 2.75) is 25.9 Å². The topological polar surface area (TPSA) is 71.9 Å². The molecule has 2 N–H and O–H groups in total. The second-order valence-corrected chi connectivity index (χ2v) is 7.05. The number of aliphatic imine (C=N–C) groups is 1. The molecule has 3 rings (SSSR count). The Balaban J connectivity index is 1.81. The number of carbonyl (C=O) groups excluding carboxylic acids is 1. The maximum atomic E-state index is 12.7. The van der Waals surface area contributed by atoms with Crippen molar-refractivity contribution in [2.24, 2.45) is 4.99 Å². The molecule has 1 saturated heterocycles. The summed E-state index contributed by atoms with van der Waals surface area (Å²) in [6.07, 6.45) is 2.05. The lowest BCUT2D eigenvalue weighted by molar-refractivity contribution is 0.0975. The van der Waals surface area contributed by atoms with E-state index >= 15 is 0 Å². The minimum atomic E-state index is -0.247. The van der Waals surface area contributed by atoms with Gasteiger partial charge in [0.25, 0.3) is 5.91 Å². The standard InChI is InChI=1S/C21H24ClN3O3/c1-14-5-3-6-15(11-14)20(26)25-21(23-13-17-7-4-10-28-17)24-18-12-16(22)8-9-19(18)27-2/h3,5-6,8-9,11-12,17H,4,7,10,13H2,1-2H3,(H2,23,24,25,26). The summed E-state index contributed by atoms with van der Waals surface area (Å²) in [6.45, 7) is 3.15. The van der Waals surface area contributed by atoms with Crippen molar-refractivity contribution in [2.75, 3.05) is 25.6 Å². The molecule has 6 nitrogen and oxygen atoms in total. The third-order valence-electron chi connectivity index (χ3n) is 4.40. The Bertz CT molecular complexity index is 864. The van der Waals surface area contributed by atoms with Crippen molar-refractivity contribution < 1.29 is 14.3 Å². The van der Waals surface area contributed by atoms with E-state index < -0.39 is 0 Å². The fourth-order valence-electron chi connectivity index (χ4n) is 2.96. The van der Waals surface area contributed by atoms with E-state index in [9.17, 15) is 4.79 Å². The molecule has 1 fully saturated rings. The summed E-state index contributed by atoms with van der Waals surface area (Å²) in [6, 6.07) is 12.6. The Morgan fingerprint density at radius 2 is 2.18 bits per heavy atom. The van der Waals surface area contributed by atoms with E-state index in [1.807, 2.05) is 25.1 Å². The molecule has 1 amide bonds. The Labute approximate surface area is 169 Å². The van der Waals surface area contributed by atoms with Crippen LogP contribution < -0.4 is 15.4 Å². The molecule has 1 unspecified atom stereocenters. The number of aryl methyl sites for hydroxylation is 1. The van der Waals surface area contributed by atoms with Crippen LogP contribution in [0, 0.1) is 6.92 Å². The molecule has 0 saturated carbocycles. The van der Waals surface area contributed by atoms with E-state index in [0.717, 1.165) is 25.0 Å². The van der Waals surface area contributed by atoms with Gasteiger partial charge in [0.2, 0.25) is 5.96 Å². The fraction of sp³-hybridized carbons (Fsp3) is 0.333. The second kappa shape index (κ2) is 9.57. The molecule has 2 aromatic carbocycles. The number of rotatable bonds is 5. The van der Waals surface area contributed by atoms with E-state index in [0.29, 0.717) is 34.5 Å². The molecule has 0 aromatic heterocycles. The summed E-state index contributed by atoms with van der Waals surface area (Å²) in [5, 5.41) is 6.53. The molecule has 28 heavy (non-hydrogen) atoms. The largest absolute Gasteiger partial charge is 0.495 e. The number of hydrogen-bond donors (Lipinski definition) is 2. The number of anilines is 1. The molecule has 1 aliphatic rings. The van der Waals surface area contributed by atoms with Gasteiger partial charge in [-0.3, -0.25) is 10.1 Å². The van der Waals surface area contributed by atoms with Crippen molar-refractivity contribution in [1.29, 1.82) is 0 Å². The van der Waals surface area contributed by atoms with Crippen molar-refractivity contribution in [1.82, 2.24) is 5.32 Å². The van der Waals surface area contributed by atoms with E-state index in [1.165, 1.54) is 0 Å². The monoisotopic (exact) mass is 401 g/mol. The molecule has 0 radical (unpaired) electrons. The van der Waals surface area contributed by atoms with Gasteiger partial charge >= 0.3 is 0 Å². The number of carbonyl (C=O) groups is 1. The first-order valence-electron chi connectivity index (χ1n) is 9.20. The summed E-state index contributed by atoms with van der Waals surface area (Å²) in [7, 11) is 1.57. The summed E-state index contributed by atoms with van der Waals surface area (Å²) < 4.78 is 11.0. The zero-order valence-corrected chi connectivity index (χ0v) is 16.8. The van der Waals surface area contributed by atoms with E-state index in [4.69, 9.17) is 21.1 Å². The quantitative estimate of drug-likeness (QED) is 0.586. The van der Waals surface area contributed by atoms with E-state index in [-0.39, 0.29) is 12.0 Å². The minimum Gasteiger partial charge on any atom is -0.495 e. The zero-order chi connectivity index (χ0) is 19.9. The van der Waals surface area contributed by atoms with Crippen LogP contribution in [0.1, 0.15) is 28.8 Å². The van der Waals surface area contributed by atoms with Crippen LogP contribution in [0.4, 0.5) is 5.69 Å². The highest BCUT2D eigenvalue weighted by molar-refractivity contribution is 6.31. The zero-order valence-electron chi connectivity index (χ0n) is 16.0. The number of methoxy groups -OCH3 is 1. The minimum absolute atomic E-state index is 0.0638. The maximum absolute atomic E-state index is 12.7. The number of amides is 1. The highest BCUT2D eigenvalue weighted by atomic mass is 35.5. The smallest absolute Gasteiger partial charge is 0.257 e. The van der Waals surface area contributed by atoms with Crippen molar-refractivity contribution in [3.63, 3.8) is 0 Å². The number of benzene rings is 2. The number of nitrogens with one attached hydrogen (secondary N) is 2. The molecule has 1 heterocycles. The predicted octanol–water partition coefficient (Wildman–Crippen LogP) is 4.03. The van der Waals surface area contributed by atoms with E-state index in [2.05, 4.69) is 15.6 Å². The van der Waals surface area contributed by atoms with Gasteiger partial charge in [0, 0.05) is 17.2 Å². The summed E-state index contributed by atoms with van der Waals surface area (Å²) in [5.74, 6) is 0.671. The Morgan fingerprint density at radius 1 is 1.32 bits per heavy atom. The molecule has 0 bridgehead atoms. The van der Waals surface area contributed by atoms with Crippen LogP contribution in [0.25, 0.3) is 0 Å². The van der Waals surface area contributed by atoms with Gasteiger partial charge in [0.05, 0.1) is 25.4 Å². The molecular formula is C21H24ClN3O3. The highest BCUT2D eigenvalue weighted by Gasteiger charge is 2.17. The number of ether oxygens (including phenoxy) is 2. The maximum Gasteiger partial charge on any atom is 0.257 e. The molecule has 2 aromatic rings. The molecule has 1 aliphatic heterocycles. The van der Waals surface area contributed by atoms with Gasteiger partial charge in [0.1, 0.15) is 5.75 Å². The first kappa shape index (κ1) is 20.2. The van der Waals surface area contributed by atoms with Gasteiger partial charge in [-0.05, 0) is 50.1 Å². The highest BCUT2D eigenvalue weighted by Crippen LogP contribution is 2.27. The van der Waals surface area contributed by atoms with Crippen LogP contribution in [0.2, 0.25) is 5.02 Å². The fourth-order valence-corrected chi connectivity index (χ4v) is 3.14. The Morgan fingerprint density at radius 3 is 2.89 bits per heavy atom. The number of guanidine groups is 1. The number of hydrogen-bond acceptors (Lipinski definition) is 4. The van der Waals surface area contributed by atoms with Crippen LogP contribution >= 0.6 is 11.6 Å². The normalized spacial score (nSPS) is 16.7. The summed E-state index contributed by atoms with van der Waals surface area (Å²) in [4.78, 5) is 17.2. The van der Waals surface area contributed by atoms with Crippen molar-refractivity contribution in [3.8, 4) is 5.75 Å². The molecule has 0 spiro atoms. The molecule has 0 aliphatic carbocycles. The first-order valence-corrected chi connectivity index (χ1v) is 9.57. The number of nitrogens with zero attached hydrogens (tertiary/aromatic N) is 1. The van der Waals surface area contributed by atoms with Crippen LogP contribution in [0.15, 0.2) is 47.5 Å². The molecule has 7 heteroatoms. The van der Waals surface area contributed by atoms with Gasteiger partial charge in [-0.2, -0.15) is 0 Å². The summed E-state index contributed by atoms with van der Waals surface area (Å²) in [5.41, 5.74) is 2.19. The third-order valence-corrected chi connectivity index (χ3v) is 4.64. The van der Waals surface area contributed by atoms with Crippen LogP contribution in [-0.4, -0.2) is 38.2 Å². The Hall–Kier alpha value is -2.57. The Kier molecular flexibility index (Phi) is 6.90. The number of halogens is 1. The van der Waals surface area contributed by atoms with Gasteiger partial charge in [-0.25, -0.2) is 4.99 Å². The van der Waals surface area contributed by atoms with Crippen molar-refractivity contribution in [3.05, 3.63) is 58.6 Å². The second-order valence-electron chi connectivity index (χ2n) is 6.62. The van der Waals surface area contributed by atoms with Crippen LogP contribution in [-0.2, 0) is 4.74 Å². The lowest BCUT2D eigenvalue weighted by Crippen LogP contribution is -2.37. The molecule has 1 atom stereocenters.